The predicted molar refractivity (Wildman–Crippen MR) is 70.7 cm³/mol. The van der Waals surface area contributed by atoms with E-state index < -0.39 is 23.3 Å². The van der Waals surface area contributed by atoms with E-state index in [-0.39, 0.29) is 5.75 Å². The average molecular weight is 299 g/mol. The van der Waals surface area contributed by atoms with E-state index in [1.165, 1.54) is 24.3 Å². The Balaban J connectivity index is 2.31. The molecular weight excluding hydrogens is 286 g/mol. The summed E-state index contributed by atoms with van der Waals surface area (Å²) in [6, 6.07) is 8.75. The van der Waals surface area contributed by atoms with Crippen molar-refractivity contribution in [3.05, 3.63) is 59.4 Å². The van der Waals surface area contributed by atoms with Gasteiger partial charge in [0, 0.05) is 0 Å². The van der Waals surface area contributed by atoms with Gasteiger partial charge in [-0.05, 0) is 42.8 Å². The first-order valence-electron chi connectivity index (χ1n) is 6.24. The number of alkyl halides is 3. The highest BCUT2D eigenvalue weighted by Gasteiger charge is 2.34. The van der Waals surface area contributed by atoms with Crippen LogP contribution in [0.1, 0.15) is 11.1 Å². The van der Waals surface area contributed by atoms with Crippen molar-refractivity contribution < 1.29 is 22.3 Å². The first kappa shape index (κ1) is 15.3. The van der Waals surface area contributed by atoms with Crippen LogP contribution in [0.15, 0.2) is 42.5 Å². The maximum atomic E-state index is 13.8. The number of para-hydroxylation sites is 1. The Morgan fingerprint density at radius 3 is 2.33 bits per heavy atom. The third kappa shape index (κ3) is 3.72. The molecule has 0 saturated carbocycles. The van der Waals surface area contributed by atoms with Crippen molar-refractivity contribution in [1.82, 2.24) is 0 Å². The van der Waals surface area contributed by atoms with Gasteiger partial charge in [-0.2, -0.15) is 13.2 Å². The van der Waals surface area contributed by atoms with E-state index in [2.05, 4.69) is 0 Å². The molecule has 0 aliphatic heterocycles. The van der Waals surface area contributed by atoms with Gasteiger partial charge < -0.3 is 10.5 Å². The predicted octanol–water partition coefficient (Wildman–Crippen LogP) is 4.14. The summed E-state index contributed by atoms with van der Waals surface area (Å²) in [6.45, 7) is 0.358. The van der Waals surface area contributed by atoms with E-state index in [0.717, 1.165) is 12.1 Å². The summed E-state index contributed by atoms with van der Waals surface area (Å²) >= 11 is 0. The Hall–Kier alpha value is -2.08. The van der Waals surface area contributed by atoms with Crippen LogP contribution in [0.4, 0.5) is 17.6 Å². The van der Waals surface area contributed by atoms with Crippen LogP contribution in [0, 0.1) is 5.82 Å². The van der Waals surface area contributed by atoms with Crippen LogP contribution in [0.2, 0.25) is 0 Å². The molecule has 2 N–H and O–H groups in total. The molecule has 21 heavy (non-hydrogen) atoms. The van der Waals surface area contributed by atoms with Crippen molar-refractivity contribution in [1.29, 1.82) is 0 Å². The summed E-state index contributed by atoms with van der Waals surface area (Å²) in [5.74, 6) is -1.42. The first-order chi connectivity index (χ1) is 9.91. The lowest BCUT2D eigenvalue weighted by atomic mass is 10.1. The molecule has 0 aliphatic rings. The maximum absolute atomic E-state index is 13.8. The second-order valence-corrected chi connectivity index (χ2v) is 4.40. The minimum Gasteiger partial charge on any atom is -0.454 e. The summed E-state index contributed by atoms with van der Waals surface area (Å²) in [4.78, 5) is 0. The third-order valence-corrected chi connectivity index (χ3v) is 2.84. The van der Waals surface area contributed by atoms with Gasteiger partial charge in [0.15, 0.2) is 11.6 Å². The molecule has 0 aromatic heterocycles. The minimum absolute atomic E-state index is 0.257. The number of hydrogen-bond acceptors (Lipinski definition) is 2. The van der Waals surface area contributed by atoms with Gasteiger partial charge >= 0.3 is 6.18 Å². The topological polar surface area (TPSA) is 35.2 Å². The lowest BCUT2D eigenvalue weighted by molar-refractivity contribution is -0.138. The highest BCUT2D eigenvalue weighted by Crippen LogP contribution is 2.38. The molecule has 0 amide bonds. The Morgan fingerprint density at radius 2 is 1.71 bits per heavy atom. The number of hydrogen-bond donors (Lipinski definition) is 1. The van der Waals surface area contributed by atoms with Gasteiger partial charge in [0.1, 0.15) is 5.75 Å². The number of rotatable bonds is 4. The van der Waals surface area contributed by atoms with Gasteiger partial charge in [-0.25, -0.2) is 4.39 Å². The second kappa shape index (κ2) is 6.13. The monoisotopic (exact) mass is 299 g/mol. The molecule has 2 aromatic rings. The Morgan fingerprint density at radius 1 is 1.00 bits per heavy atom. The molecular formula is C15H13F4NO. The largest absolute Gasteiger partial charge is 0.454 e. The van der Waals surface area contributed by atoms with Gasteiger partial charge in [-0.1, -0.05) is 18.2 Å². The number of halogens is 4. The van der Waals surface area contributed by atoms with E-state index in [9.17, 15) is 17.6 Å². The SMILES string of the molecule is NCCc1ccc(Oc2ccccc2C(F)(F)F)c(F)c1. The summed E-state index contributed by atoms with van der Waals surface area (Å²) < 4.78 is 57.4. The van der Waals surface area contributed by atoms with E-state index in [4.69, 9.17) is 10.5 Å². The minimum atomic E-state index is -4.56. The van der Waals surface area contributed by atoms with Crippen LogP contribution >= 0.6 is 0 Å². The highest BCUT2D eigenvalue weighted by atomic mass is 19.4. The molecule has 0 unspecified atom stereocenters. The normalized spacial score (nSPS) is 11.5. The van der Waals surface area contributed by atoms with Crippen molar-refractivity contribution in [2.24, 2.45) is 5.73 Å². The zero-order valence-corrected chi connectivity index (χ0v) is 11.0. The molecule has 0 bridgehead atoms. The molecule has 0 radical (unpaired) electrons. The molecule has 0 atom stereocenters. The average Bonchev–Trinajstić information content (AvgIpc) is 2.42. The van der Waals surface area contributed by atoms with Gasteiger partial charge in [0.2, 0.25) is 0 Å². The number of nitrogens with two attached hydrogens (primary N) is 1. The fraction of sp³-hybridized carbons (Fsp3) is 0.200. The van der Waals surface area contributed by atoms with Gasteiger partial charge in [-0.3, -0.25) is 0 Å². The van der Waals surface area contributed by atoms with Crippen LogP contribution in [-0.2, 0) is 12.6 Å². The molecule has 2 aromatic carbocycles. The Bertz CT molecular complexity index is 625. The molecule has 0 saturated heterocycles. The fourth-order valence-corrected chi connectivity index (χ4v) is 1.86. The molecule has 112 valence electrons. The summed E-state index contributed by atoms with van der Waals surface area (Å²) in [5.41, 5.74) is 5.07. The highest BCUT2D eigenvalue weighted by molar-refractivity contribution is 5.40. The second-order valence-electron chi connectivity index (χ2n) is 4.40. The number of ether oxygens (including phenoxy) is 1. The molecule has 6 heteroatoms. The number of benzene rings is 2. The van der Waals surface area contributed by atoms with E-state index in [0.29, 0.717) is 18.5 Å². The smallest absolute Gasteiger partial charge is 0.419 e. The fourth-order valence-electron chi connectivity index (χ4n) is 1.86. The Labute approximate surface area is 119 Å². The summed E-state index contributed by atoms with van der Waals surface area (Å²) in [6.07, 6.45) is -4.08. The quantitative estimate of drug-likeness (QED) is 0.861. The van der Waals surface area contributed by atoms with E-state index >= 15 is 0 Å². The maximum Gasteiger partial charge on any atom is 0.419 e. The van der Waals surface area contributed by atoms with E-state index in [1.807, 2.05) is 0 Å². The van der Waals surface area contributed by atoms with Crippen LogP contribution in [-0.4, -0.2) is 6.54 Å². The molecule has 2 rings (SSSR count). The molecule has 0 aliphatic carbocycles. The molecule has 0 fully saturated rings. The van der Waals surface area contributed by atoms with Gasteiger partial charge in [0.25, 0.3) is 0 Å². The van der Waals surface area contributed by atoms with Gasteiger partial charge in [-0.15, -0.1) is 0 Å². The van der Waals surface area contributed by atoms with Crippen molar-refractivity contribution in [3.8, 4) is 11.5 Å². The van der Waals surface area contributed by atoms with Crippen molar-refractivity contribution >= 4 is 0 Å². The summed E-state index contributed by atoms with van der Waals surface area (Å²) in [5, 5.41) is 0. The zero-order valence-electron chi connectivity index (χ0n) is 11.0. The Kier molecular flexibility index (Phi) is 4.47. The van der Waals surface area contributed by atoms with Crippen molar-refractivity contribution in [2.45, 2.75) is 12.6 Å². The lowest BCUT2D eigenvalue weighted by Crippen LogP contribution is -2.07. The summed E-state index contributed by atoms with van der Waals surface area (Å²) in [7, 11) is 0. The van der Waals surface area contributed by atoms with Crippen LogP contribution in [0.3, 0.4) is 0 Å². The van der Waals surface area contributed by atoms with Gasteiger partial charge in [0.05, 0.1) is 5.56 Å². The van der Waals surface area contributed by atoms with Crippen LogP contribution in [0.5, 0.6) is 11.5 Å². The molecule has 0 heterocycles. The van der Waals surface area contributed by atoms with Crippen LogP contribution < -0.4 is 10.5 Å². The lowest BCUT2D eigenvalue weighted by Gasteiger charge is -2.14. The molecule has 0 spiro atoms. The standard InChI is InChI=1S/C15H13F4NO/c16-12-9-10(7-8-20)5-6-14(12)21-13-4-2-1-3-11(13)15(17,18)19/h1-6,9H,7-8,20H2. The van der Waals surface area contributed by atoms with Crippen LogP contribution in [0.25, 0.3) is 0 Å². The van der Waals surface area contributed by atoms with Crippen molar-refractivity contribution in [3.63, 3.8) is 0 Å². The third-order valence-electron chi connectivity index (χ3n) is 2.84. The van der Waals surface area contributed by atoms with E-state index in [1.54, 1.807) is 6.07 Å². The first-order valence-corrected chi connectivity index (χ1v) is 6.24. The molecule has 2 nitrogen and oxygen atoms in total. The zero-order chi connectivity index (χ0) is 15.5. The van der Waals surface area contributed by atoms with Crippen molar-refractivity contribution in [2.75, 3.05) is 6.54 Å².